The van der Waals surface area contributed by atoms with E-state index in [1.807, 2.05) is 11.8 Å². The van der Waals surface area contributed by atoms with Crippen LogP contribution in [0.5, 0.6) is 0 Å². The second-order valence-electron chi connectivity index (χ2n) is 4.71. The summed E-state index contributed by atoms with van der Waals surface area (Å²) in [5, 5.41) is 2.72. The molecule has 22 heavy (non-hydrogen) atoms. The molecule has 8 nitrogen and oxygen atoms in total. The van der Waals surface area contributed by atoms with Crippen LogP contribution in [0.1, 0.15) is 17.4 Å². The Kier molecular flexibility index (Phi) is 8.02. The number of carbonyl (C=O) groups excluding carboxylic acids is 1. The largest absolute Gasteiger partial charge is 0.375 e. The van der Waals surface area contributed by atoms with Crippen LogP contribution < -0.4 is 11.1 Å². The minimum absolute atomic E-state index is 0. The lowest BCUT2D eigenvalue weighted by Gasteiger charge is -2.31. The number of halogens is 1. The molecule has 2 heterocycles. The molecule has 0 bridgehead atoms. The first-order chi connectivity index (χ1) is 10.2. The minimum atomic E-state index is -0.267. The van der Waals surface area contributed by atoms with Crippen LogP contribution in [0.4, 0.5) is 0 Å². The van der Waals surface area contributed by atoms with E-state index >= 15 is 0 Å². The number of guanidine groups is 1. The highest BCUT2D eigenvalue weighted by Gasteiger charge is 2.17. The van der Waals surface area contributed by atoms with Crippen LogP contribution in [0.3, 0.4) is 0 Å². The summed E-state index contributed by atoms with van der Waals surface area (Å²) in [5.74, 6) is 0.218. The average molecular weight is 420 g/mol. The Morgan fingerprint density at radius 3 is 3.09 bits per heavy atom. The summed E-state index contributed by atoms with van der Waals surface area (Å²) in [7, 11) is 0. The number of aliphatic imine (C=N–C) groups is 1. The fourth-order valence-corrected chi connectivity index (χ4v) is 1.97. The SMILES string of the molecule is CC1CN(C(N)=NCCNC(=O)c2cnccn2)CCO1.I. The second-order valence-corrected chi connectivity index (χ2v) is 4.71. The monoisotopic (exact) mass is 420 g/mol. The predicted molar refractivity (Wildman–Crippen MR) is 93.3 cm³/mol. The fourth-order valence-electron chi connectivity index (χ4n) is 1.97. The molecule has 0 spiro atoms. The lowest BCUT2D eigenvalue weighted by atomic mass is 10.3. The average Bonchev–Trinajstić information content (AvgIpc) is 2.52. The Morgan fingerprint density at radius 2 is 2.41 bits per heavy atom. The molecule has 1 aromatic heterocycles. The van der Waals surface area contributed by atoms with Crippen molar-refractivity contribution < 1.29 is 9.53 Å². The van der Waals surface area contributed by atoms with Crippen molar-refractivity contribution in [3.05, 3.63) is 24.3 Å². The zero-order valence-corrected chi connectivity index (χ0v) is 14.8. The summed E-state index contributed by atoms with van der Waals surface area (Å²) >= 11 is 0. The van der Waals surface area contributed by atoms with Gasteiger partial charge in [-0.25, -0.2) is 4.98 Å². The van der Waals surface area contributed by atoms with E-state index in [2.05, 4.69) is 20.3 Å². The lowest BCUT2D eigenvalue weighted by molar-refractivity contribution is 0.00530. The van der Waals surface area contributed by atoms with Gasteiger partial charge in [-0.2, -0.15) is 0 Å². The van der Waals surface area contributed by atoms with Gasteiger partial charge in [0, 0.05) is 32.0 Å². The van der Waals surface area contributed by atoms with E-state index in [9.17, 15) is 4.79 Å². The number of carbonyl (C=O) groups is 1. The van der Waals surface area contributed by atoms with E-state index in [1.54, 1.807) is 0 Å². The second kappa shape index (κ2) is 9.51. The van der Waals surface area contributed by atoms with Gasteiger partial charge in [0.05, 0.1) is 25.5 Å². The van der Waals surface area contributed by atoms with Gasteiger partial charge < -0.3 is 20.7 Å². The molecule has 1 saturated heterocycles. The first kappa shape index (κ1) is 18.6. The minimum Gasteiger partial charge on any atom is -0.375 e. The fraction of sp³-hybridized carbons (Fsp3) is 0.538. The molecule has 0 radical (unpaired) electrons. The first-order valence-corrected chi connectivity index (χ1v) is 6.87. The van der Waals surface area contributed by atoms with E-state index in [1.165, 1.54) is 18.6 Å². The summed E-state index contributed by atoms with van der Waals surface area (Å²) in [5.41, 5.74) is 6.21. The highest BCUT2D eigenvalue weighted by Crippen LogP contribution is 2.03. The Morgan fingerprint density at radius 1 is 1.59 bits per heavy atom. The third kappa shape index (κ3) is 5.72. The summed E-state index contributed by atoms with van der Waals surface area (Å²) < 4.78 is 5.44. The van der Waals surface area contributed by atoms with Gasteiger partial charge in [0.15, 0.2) is 5.96 Å². The van der Waals surface area contributed by atoms with Crippen LogP contribution in [0.15, 0.2) is 23.6 Å². The number of nitrogens with zero attached hydrogens (tertiary/aromatic N) is 4. The number of nitrogens with two attached hydrogens (primary N) is 1. The number of amides is 1. The molecule has 0 saturated carbocycles. The number of ether oxygens (including phenoxy) is 1. The van der Waals surface area contributed by atoms with Crippen LogP contribution in [-0.2, 0) is 4.74 Å². The summed E-state index contributed by atoms with van der Waals surface area (Å²) in [6.07, 6.45) is 4.57. The molecule has 1 aromatic rings. The quantitative estimate of drug-likeness (QED) is 0.304. The third-order valence-electron chi connectivity index (χ3n) is 3.03. The number of morpholine rings is 1. The van der Waals surface area contributed by atoms with Crippen LogP contribution in [-0.4, -0.2) is 65.6 Å². The molecule has 1 atom stereocenters. The highest BCUT2D eigenvalue weighted by atomic mass is 127. The molecular formula is C13H21IN6O2. The van der Waals surface area contributed by atoms with Gasteiger partial charge in [0.1, 0.15) is 5.69 Å². The summed E-state index contributed by atoms with van der Waals surface area (Å²) in [4.78, 5) is 25.7. The topological polar surface area (TPSA) is 106 Å². The highest BCUT2D eigenvalue weighted by molar-refractivity contribution is 14.0. The van der Waals surface area contributed by atoms with Gasteiger partial charge in [-0.3, -0.25) is 14.8 Å². The summed E-state index contributed by atoms with van der Waals surface area (Å²) in [6, 6.07) is 0. The van der Waals surface area contributed by atoms with Crippen molar-refractivity contribution in [2.45, 2.75) is 13.0 Å². The van der Waals surface area contributed by atoms with Crippen LogP contribution in [0.2, 0.25) is 0 Å². The zero-order valence-electron chi connectivity index (χ0n) is 12.4. The molecule has 3 N–H and O–H groups in total. The van der Waals surface area contributed by atoms with Crippen molar-refractivity contribution in [2.75, 3.05) is 32.8 Å². The standard InChI is InChI=1S/C13H20N6O2.HI/c1-10-9-19(6-7-21-10)13(14)18-5-4-17-12(20)11-8-15-2-3-16-11;/h2-3,8,10H,4-7,9H2,1H3,(H2,14,18)(H,17,20);1H. The van der Waals surface area contributed by atoms with Crippen molar-refractivity contribution >= 4 is 35.8 Å². The third-order valence-corrected chi connectivity index (χ3v) is 3.03. The van der Waals surface area contributed by atoms with Crippen molar-refractivity contribution in [3.8, 4) is 0 Å². The molecule has 1 amide bonds. The van der Waals surface area contributed by atoms with E-state index < -0.39 is 0 Å². The van der Waals surface area contributed by atoms with Crippen LogP contribution in [0.25, 0.3) is 0 Å². The normalized spacial score (nSPS) is 18.5. The van der Waals surface area contributed by atoms with Gasteiger partial charge in [-0.05, 0) is 6.92 Å². The molecule has 0 aliphatic carbocycles. The Labute approximate surface area is 146 Å². The smallest absolute Gasteiger partial charge is 0.271 e. The van der Waals surface area contributed by atoms with Crippen molar-refractivity contribution in [1.82, 2.24) is 20.2 Å². The van der Waals surface area contributed by atoms with E-state index in [0.717, 1.165) is 13.1 Å². The Bertz CT molecular complexity index is 499. The van der Waals surface area contributed by atoms with Crippen molar-refractivity contribution in [3.63, 3.8) is 0 Å². The van der Waals surface area contributed by atoms with Gasteiger partial charge in [-0.1, -0.05) is 0 Å². The number of aromatic nitrogens is 2. The molecule has 1 fully saturated rings. The van der Waals surface area contributed by atoms with E-state index in [-0.39, 0.29) is 41.7 Å². The number of hydrogen-bond donors (Lipinski definition) is 2. The maximum atomic E-state index is 11.7. The predicted octanol–water partition coefficient (Wildman–Crippen LogP) is -0.140. The maximum Gasteiger partial charge on any atom is 0.271 e. The number of nitrogens with one attached hydrogen (secondary N) is 1. The molecule has 0 aromatic carbocycles. The molecule has 1 aliphatic heterocycles. The lowest BCUT2D eigenvalue weighted by Crippen LogP contribution is -2.48. The Hall–Kier alpha value is -1.49. The van der Waals surface area contributed by atoms with Gasteiger partial charge in [0.25, 0.3) is 5.91 Å². The van der Waals surface area contributed by atoms with Gasteiger partial charge >= 0.3 is 0 Å². The molecular weight excluding hydrogens is 399 g/mol. The first-order valence-electron chi connectivity index (χ1n) is 6.87. The molecule has 1 aliphatic rings. The van der Waals surface area contributed by atoms with Crippen LogP contribution in [0, 0.1) is 0 Å². The molecule has 1 unspecified atom stereocenters. The summed E-state index contributed by atoms with van der Waals surface area (Å²) in [6.45, 7) is 4.95. The molecule has 122 valence electrons. The van der Waals surface area contributed by atoms with E-state index in [0.29, 0.717) is 25.7 Å². The van der Waals surface area contributed by atoms with Gasteiger partial charge in [-0.15, -0.1) is 24.0 Å². The van der Waals surface area contributed by atoms with E-state index in [4.69, 9.17) is 10.5 Å². The molecule has 2 rings (SSSR count). The number of rotatable bonds is 4. The Balaban J connectivity index is 0.00000242. The maximum absolute atomic E-state index is 11.7. The van der Waals surface area contributed by atoms with Gasteiger partial charge in [0.2, 0.25) is 0 Å². The van der Waals surface area contributed by atoms with Crippen molar-refractivity contribution in [2.24, 2.45) is 10.7 Å². The molecule has 9 heteroatoms. The number of hydrogen-bond acceptors (Lipinski definition) is 5. The zero-order chi connectivity index (χ0) is 15.1. The van der Waals surface area contributed by atoms with Crippen molar-refractivity contribution in [1.29, 1.82) is 0 Å². The van der Waals surface area contributed by atoms with Crippen LogP contribution >= 0.6 is 24.0 Å².